The fourth-order valence-electron chi connectivity index (χ4n) is 3.19. The Morgan fingerprint density at radius 1 is 0.800 bits per heavy atom. The molecule has 4 amide bonds. The Hall–Kier alpha value is -2.52. The highest BCUT2D eigenvalue weighted by Gasteiger charge is 2.49. The van der Waals surface area contributed by atoms with Gasteiger partial charge < -0.3 is 31.5 Å². The average molecular weight is 358 g/mol. The van der Waals surface area contributed by atoms with Crippen LogP contribution in [0, 0.1) is 0 Å². The summed E-state index contributed by atoms with van der Waals surface area (Å²) in [5.74, 6) is -2.15. The number of urea groups is 2. The van der Waals surface area contributed by atoms with Crippen molar-refractivity contribution in [3.63, 3.8) is 0 Å². The molecule has 10 heteroatoms. The second-order valence-electron chi connectivity index (χ2n) is 7.65. The number of carboxylic acids is 2. The minimum atomic E-state index is -1.08. The second kappa shape index (κ2) is 7.16. The molecule has 0 unspecified atom stereocenters. The van der Waals surface area contributed by atoms with E-state index in [0.717, 1.165) is 0 Å². The summed E-state index contributed by atoms with van der Waals surface area (Å²) in [5, 5.41) is 27.2. The van der Waals surface area contributed by atoms with Gasteiger partial charge in [-0.3, -0.25) is 9.59 Å². The van der Waals surface area contributed by atoms with Crippen molar-refractivity contribution in [1.82, 2.24) is 21.3 Å². The highest BCUT2D eigenvalue weighted by molar-refractivity contribution is 5.81. The van der Waals surface area contributed by atoms with E-state index >= 15 is 0 Å². The lowest BCUT2D eigenvalue weighted by Crippen LogP contribution is -2.78. The number of carboxylic acid groups (broad SMARTS) is 2. The first-order valence-electron chi connectivity index (χ1n) is 7.89. The quantitative estimate of drug-likeness (QED) is 0.433. The Balaban J connectivity index is 0.000000333. The first-order valence-corrected chi connectivity index (χ1v) is 7.89. The molecule has 0 radical (unpaired) electrons. The molecule has 25 heavy (non-hydrogen) atoms. The molecule has 2 saturated heterocycles. The van der Waals surface area contributed by atoms with Crippen LogP contribution in [0.4, 0.5) is 9.59 Å². The van der Waals surface area contributed by atoms with E-state index in [2.05, 4.69) is 21.3 Å². The summed E-state index contributed by atoms with van der Waals surface area (Å²) in [6.45, 7) is 7.81. The number of aliphatic carboxylic acids is 2. The van der Waals surface area contributed by atoms with E-state index in [4.69, 9.17) is 10.2 Å². The molecule has 0 saturated carbocycles. The summed E-state index contributed by atoms with van der Waals surface area (Å²) < 4.78 is 0. The second-order valence-corrected chi connectivity index (χ2v) is 7.65. The molecule has 0 aromatic rings. The van der Waals surface area contributed by atoms with Crippen LogP contribution in [0.1, 0.15) is 53.4 Å². The number of hydrogen-bond acceptors (Lipinski definition) is 4. The predicted octanol–water partition coefficient (Wildman–Crippen LogP) is 0.582. The SMILES string of the molecule is CC1(C)CC2(CC(C)(C)NC(=O)N2)NC(=O)N1.O=C(O)CCC(=O)O. The van der Waals surface area contributed by atoms with Gasteiger partial charge in [0.15, 0.2) is 0 Å². The topological polar surface area (TPSA) is 157 Å². The third-order valence-corrected chi connectivity index (χ3v) is 3.65. The zero-order chi connectivity index (χ0) is 19.5. The van der Waals surface area contributed by atoms with Gasteiger partial charge in [-0.1, -0.05) is 0 Å². The van der Waals surface area contributed by atoms with E-state index in [1.54, 1.807) is 0 Å². The minimum absolute atomic E-state index is 0.237. The standard InChI is InChI=1S/C11H20N4O2.C4H6O4/c1-9(2)5-11(14-7(16)12-9)6-10(3,4)13-8(17)15-11;5-3(6)1-2-4(7)8/h5-6H2,1-4H3,(H2,12,14,16)(H2,13,15,17);1-2H2,(H,5,6)(H,7,8). The van der Waals surface area contributed by atoms with Crippen molar-refractivity contribution >= 4 is 24.0 Å². The first-order chi connectivity index (χ1) is 11.2. The van der Waals surface area contributed by atoms with Crippen LogP contribution in [-0.2, 0) is 9.59 Å². The van der Waals surface area contributed by atoms with Crippen molar-refractivity contribution in [3.05, 3.63) is 0 Å². The maximum Gasteiger partial charge on any atom is 0.317 e. The fraction of sp³-hybridized carbons (Fsp3) is 0.733. The van der Waals surface area contributed by atoms with E-state index in [-0.39, 0.29) is 36.0 Å². The van der Waals surface area contributed by atoms with Gasteiger partial charge in [0.1, 0.15) is 5.66 Å². The van der Waals surface area contributed by atoms with Gasteiger partial charge in [-0.05, 0) is 27.7 Å². The summed E-state index contributed by atoms with van der Waals surface area (Å²) in [6, 6.07) is -0.474. The molecule has 0 aromatic heterocycles. The minimum Gasteiger partial charge on any atom is -0.481 e. The van der Waals surface area contributed by atoms with Crippen LogP contribution in [0.15, 0.2) is 0 Å². The molecule has 2 heterocycles. The number of hydrogen-bond donors (Lipinski definition) is 6. The van der Waals surface area contributed by atoms with Gasteiger partial charge in [0.25, 0.3) is 0 Å². The Morgan fingerprint density at radius 2 is 1.12 bits per heavy atom. The molecule has 2 fully saturated rings. The van der Waals surface area contributed by atoms with Crippen LogP contribution >= 0.6 is 0 Å². The van der Waals surface area contributed by atoms with Gasteiger partial charge in [-0.25, -0.2) is 9.59 Å². The molecule has 0 aromatic carbocycles. The van der Waals surface area contributed by atoms with Crippen LogP contribution in [0.2, 0.25) is 0 Å². The van der Waals surface area contributed by atoms with E-state index < -0.39 is 17.6 Å². The third kappa shape index (κ3) is 6.86. The molecule has 2 aliphatic heterocycles. The number of carbonyl (C=O) groups is 4. The Kier molecular flexibility index (Phi) is 5.88. The highest BCUT2D eigenvalue weighted by atomic mass is 16.4. The summed E-state index contributed by atoms with van der Waals surface area (Å²) >= 11 is 0. The van der Waals surface area contributed by atoms with Gasteiger partial charge in [-0.15, -0.1) is 0 Å². The van der Waals surface area contributed by atoms with E-state index in [0.29, 0.717) is 12.8 Å². The lowest BCUT2D eigenvalue weighted by Gasteiger charge is -2.51. The Morgan fingerprint density at radius 3 is 1.36 bits per heavy atom. The van der Waals surface area contributed by atoms with Gasteiger partial charge in [0.05, 0.1) is 12.8 Å². The van der Waals surface area contributed by atoms with Gasteiger partial charge in [0, 0.05) is 23.9 Å². The molecule has 0 atom stereocenters. The first kappa shape index (κ1) is 20.5. The van der Waals surface area contributed by atoms with Crippen molar-refractivity contribution in [2.45, 2.75) is 70.1 Å². The number of nitrogens with one attached hydrogen (secondary N) is 4. The Labute approximate surface area is 145 Å². The summed E-state index contributed by atoms with van der Waals surface area (Å²) in [4.78, 5) is 42.6. The maximum atomic E-state index is 11.7. The van der Waals surface area contributed by atoms with Crippen molar-refractivity contribution in [1.29, 1.82) is 0 Å². The molecule has 10 nitrogen and oxygen atoms in total. The molecule has 142 valence electrons. The smallest absolute Gasteiger partial charge is 0.317 e. The molecule has 2 rings (SSSR count). The van der Waals surface area contributed by atoms with E-state index in [1.807, 2.05) is 27.7 Å². The van der Waals surface area contributed by atoms with Crippen molar-refractivity contribution in [2.24, 2.45) is 0 Å². The zero-order valence-corrected chi connectivity index (χ0v) is 14.9. The van der Waals surface area contributed by atoms with E-state index in [1.165, 1.54) is 0 Å². The maximum absolute atomic E-state index is 11.7. The summed E-state index contributed by atoms with van der Waals surface area (Å²) in [6.07, 6.45) is 0.718. The number of carbonyl (C=O) groups excluding carboxylic acids is 2. The summed E-state index contributed by atoms with van der Waals surface area (Å²) in [7, 11) is 0. The van der Waals surface area contributed by atoms with E-state index in [9.17, 15) is 19.2 Å². The largest absolute Gasteiger partial charge is 0.481 e. The van der Waals surface area contributed by atoms with Crippen LogP contribution in [0.3, 0.4) is 0 Å². The van der Waals surface area contributed by atoms with Crippen LogP contribution in [0.5, 0.6) is 0 Å². The third-order valence-electron chi connectivity index (χ3n) is 3.65. The lowest BCUT2D eigenvalue weighted by molar-refractivity contribution is -0.143. The highest BCUT2D eigenvalue weighted by Crippen LogP contribution is 2.31. The molecule has 6 N–H and O–H groups in total. The predicted molar refractivity (Wildman–Crippen MR) is 88.0 cm³/mol. The normalized spacial score (nSPS) is 22.2. The monoisotopic (exact) mass is 358 g/mol. The van der Waals surface area contributed by atoms with Crippen LogP contribution in [-0.4, -0.2) is 51.0 Å². The molecule has 0 bridgehead atoms. The molecule has 1 spiro atoms. The van der Waals surface area contributed by atoms with Gasteiger partial charge in [0.2, 0.25) is 0 Å². The van der Waals surface area contributed by atoms with Gasteiger partial charge in [-0.2, -0.15) is 0 Å². The van der Waals surface area contributed by atoms with Crippen LogP contribution < -0.4 is 21.3 Å². The number of amides is 4. The molecule has 0 aliphatic carbocycles. The fourth-order valence-corrected chi connectivity index (χ4v) is 3.19. The molecular formula is C15H26N4O6. The molecular weight excluding hydrogens is 332 g/mol. The van der Waals surface area contributed by atoms with Crippen molar-refractivity contribution in [3.8, 4) is 0 Å². The molecule has 2 aliphatic rings. The number of rotatable bonds is 3. The zero-order valence-electron chi connectivity index (χ0n) is 14.9. The van der Waals surface area contributed by atoms with Crippen molar-refractivity contribution < 1.29 is 29.4 Å². The lowest BCUT2D eigenvalue weighted by atomic mass is 9.79. The summed E-state index contributed by atoms with van der Waals surface area (Å²) in [5.41, 5.74) is -1.32. The van der Waals surface area contributed by atoms with Crippen molar-refractivity contribution in [2.75, 3.05) is 0 Å². The Bertz CT molecular complexity index is 522. The van der Waals surface area contributed by atoms with Crippen LogP contribution in [0.25, 0.3) is 0 Å². The average Bonchev–Trinajstić information content (AvgIpc) is 2.30. The van der Waals surface area contributed by atoms with Gasteiger partial charge >= 0.3 is 24.0 Å².